The lowest BCUT2D eigenvalue weighted by molar-refractivity contribution is -0.140. The van der Waals surface area contributed by atoms with Gasteiger partial charge in [-0.15, -0.1) is 11.6 Å². The number of carbonyl (C=O) groups excluding carboxylic acids is 2. The van der Waals surface area contributed by atoms with Crippen molar-refractivity contribution in [2.45, 2.75) is 12.3 Å². The maximum atomic E-state index is 11.8. The van der Waals surface area contributed by atoms with Gasteiger partial charge in [0, 0.05) is 12.1 Å². The molecule has 0 heterocycles. The zero-order chi connectivity index (χ0) is 14.3. The molecule has 1 atom stereocenters. The van der Waals surface area contributed by atoms with Crippen LogP contribution in [0.25, 0.3) is 0 Å². The fourth-order valence-electron chi connectivity index (χ4n) is 1.36. The van der Waals surface area contributed by atoms with Crippen LogP contribution in [0.5, 0.6) is 5.75 Å². The lowest BCUT2D eigenvalue weighted by Crippen LogP contribution is -2.34. The highest BCUT2D eigenvalue weighted by molar-refractivity contribution is 6.30. The number of rotatable bonds is 6. The normalized spacial score (nSPS) is 11.5. The summed E-state index contributed by atoms with van der Waals surface area (Å²) in [6.45, 7) is 2.47. The summed E-state index contributed by atoms with van der Waals surface area (Å²) in [5.41, 5.74) is 0.470. The molecule has 1 N–H and O–H groups in total. The molecular weight excluding hydrogens is 270 g/mol. The first-order chi connectivity index (χ1) is 9.08. The van der Waals surface area contributed by atoms with Crippen molar-refractivity contribution in [3.63, 3.8) is 0 Å². The standard InChI is InChI=1S/C13H16ClNO4/c1-3-19-10-6-4-9(5-7-10)12(16)15-8-11(14)13(17)18-2/h4-7,11H,3,8H2,1-2H3,(H,15,16). The molecule has 0 aliphatic heterocycles. The smallest absolute Gasteiger partial charge is 0.325 e. The minimum atomic E-state index is -0.892. The second-order valence-corrected chi connectivity index (χ2v) is 4.18. The summed E-state index contributed by atoms with van der Waals surface area (Å²) in [4.78, 5) is 22.8. The van der Waals surface area contributed by atoms with E-state index in [4.69, 9.17) is 16.3 Å². The van der Waals surface area contributed by atoms with Gasteiger partial charge in [-0.1, -0.05) is 0 Å². The molecule has 1 aromatic rings. The predicted molar refractivity (Wildman–Crippen MR) is 71.6 cm³/mol. The monoisotopic (exact) mass is 285 g/mol. The van der Waals surface area contributed by atoms with Crippen molar-refractivity contribution in [1.82, 2.24) is 5.32 Å². The van der Waals surface area contributed by atoms with E-state index in [0.717, 1.165) is 0 Å². The number of alkyl halides is 1. The average molecular weight is 286 g/mol. The maximum Gasteiger partial charge on any atom is 0.325 e. The molecule has 5 nitrogen and oxygen atoms in total. The molecule has 104 valence electrons. The van der Waals surface area contributed by atoms with Gasteiger partial charge in [0.1, 0.15) is 11.1 Å². The number of esters is 1. The highest BCUT2D eigenvalue weighted by atomic mass is 35.5. The van der Waals surface area contributed by atoms with Crippen LogP contribution in [-0.4, -0.2) is 37.5 Å². The van der Waals surface area contributed by atoms with Gasteiger partial charge in [0.05, 0.1) is 13.7 Å². The Labute approximate surface area is 116 Å². The van der Waals surface area contributed by atoms with Gasteiger partial charge in [0.2, 0.25) is 0 Å². The van der Waals surface area contributed by atoms with E-state index in [-0.39, 0.29) is 12.5 Å². The zero-order valence-corrected chi connectivity index (χ0v) is 11.6. The van der Waals surface area contributed by atoms with Gasteiger partial charge < -0.3 is 14.8 Å². The Morgan fingerprint density at radius 2 is 1.95 bits per heavy atom. The van der Waals surface area contributed by atoms with Crippen LogP contribution in [0.4, 0.5) is 0 Å². The first-order valence-corrected chi connectivity index (χ1v) is 6.25. The number of ether oxygens (including phenoxy) is 2. The number of hydrogen-bond donors (Lipinski definition) is 1. The van der Waals surface area contributed by atoms with Crippen molar-refractivity contribution >= 4 is 23.5 Å². The first-order valence-electron chi connectivity index (χ1n) is 5.81. The Bertz CT molecular complexity index is 433. The minimum absolute atomic E-state index is 0.0142. The van der Waals surface area contributed by atoms with Crippen LogP contribution in [-0.2, 0) is 9.53 Å². The SMILES string of the molecule is CCOc1ccc(C(=O)NCC(Cl)C(=O)OC)cc1. The Hall–Kier alpha value is -1.75. The Morgan fingerprint density at radius 1 is 1.32 bits per heavy atom. The molecule has 0 bridgehead atoms. The highest BCUT2D eigenvalue weighted by Gasteiger charge is 2.16. The van der Waals surface area contributed by atoms with Crippen molar-refractivity contribution in [2.24, 2.45) is 0 Å². The van der Waals surface area contributed by atoms with E-state index in [1.807, 2.05) is 6.92 Å². The van der Waals surface area contributed by atoms with E-state index in [2.05, 4.69) is 10.1 Å². The summed E-state index contributed by atoms with van der Waals surface area (Å²) in [6, 6.07) is 6.69. The second-order valence-electron chi connectivity index (χ2n) is 3.66. The largest absolute Gasteiger partial charge is 0.494 e. The zero-order valence-electron chi connectivity index (χ0n) is 10.8. The van der Waals surface area contributed by atoms with E-state index in [1.165, 1.54) is 7.11 Å². The molecule has 0 radical (unpaired) electrons. The summed E-state index contributed by atoms with van der Waals surface area (Å²) in [5, 5.41) is 1.66. The van der Waals surface area contributed by atoms with Gasteiger partial charge in [-0.3, -0.25) is 9.59 Å². The second kappa shape index (κ2) is 7.63. The molecule has 19 heavy (non-hydrogen) atoms. The fourth-order valence-corrected chi connectivity index (χ4v) is 1.53. The van der Waals surface area contributed by atoms with Crippen LogP contribution in [0.15, 0.2) is 24.3 Å². The van der Waals surface area contributed by atoms with E-state index in [0.29, 0.717) is 17.9 Å². The molecule has 0 saturated heterocycles. The molecule has 0 fully saturated rings. The summed E-state index contributed by atoms with van der Waals surface area (Å²) >= 11 is 5.72. The maximum absolute atomic E-state index is 11.8. The molecule has 1 rings (SSSR count). The Balaban J connectivity index is 2.51. The molecule has 0 aliphatic carbocycles. The molecular formula is C13H16ClNO4. The van der Waals surface area contributed by atoms with Crippen molar-refractivity contribution in [3.05, 3.63) is 29.8 Å². The lowest BCUT2D eigenvalue weighted by atomic mass is 10.2. The molecule has 0 aromatic heterocycles. The number of benzene rings is 1. The minimum Gasteiger partial charge on any atom is -0.494 e. The van der Waals surface area contributed by atoms with Crippen LogP contribution in [0.1, 0.15) is 17.3 Å². The number of hydrogen-bond acceptors (Lipinski definition) is 4. The van der Waals surface area contributed by atoms with E-state index in [1.54, 1.807) is 24.3 Å². The van der Waals surface area contributed by atoms with Crippen LogP contribution in [0.3, 0.4) is 0 Å². The third-order valence-corrected chi connectivity index (χ3v) is 2.66. The first kappa shape index (κ1) is 15.3. The van der Waals surface area contributed by atoms with Crippen LogP contribution < -0.4 is 10.1 Å². The molecule has 1 unspecified atom stereocenters. The van der Waals surface area contributed by atoms with Crippen molar-refractivity contribution in [3.8, 4) is 5.75 Å². The molecule has 0 spiro atoms. The highest BCUT2D eigenvalue weighted by Crippen LogP contribution is 2.12. The van der Waals surface area contributed by atoms with Gasteiger partial charge in [-0.05, 0) is 31.2 Å². The quantitative estimate of drug-likeness (QED) is 0.637. The van der Waals surface area contributed by atoms with Crippen LogP contribution in [0, 0.1) is 0 Å². The fraction of sp³-hybridized carbons (Fsp3) is 0.385. The number of methoxy groups -OCH3 is 1. The third-order valence-electron chi connectivity index (χ3n) is 2.33. The Morgan fingerprint density at radius 3 is 2.47 bits per heavy atom. The van der Waals surface area contributed by atoms with E-state index in [9.17, 15) is 9.59 Å². The lowest BCUT2D eigenvalue weighted by Gasteiger charge is -2.09. The number of nitrogens with one attached hydrogen (secondary N) is 1. The van der Waals surface area contributed by atoms with Gasteiger partial charge >= 0.3 is 5.97 Å². The number of amides is 1. The van der Waals surface area contributed by atoms with Gasteiger partial charge in [-0.2, -0.15) is 0 Å². The molecule has 6 heteroatoms. The molecule has 1 amide bonds. The number of halogens is 1. The van der Waals surface area contributed by atoms with Gasteiger partial charge in [0.25, 0.3) is 5.91 Å². The Kier molecular flexibility index (Phi) is 6.15. The third kappa shape index (κ3) is 4.79. The topological polar surface area (TPSA) is 64.6 Å². The van der Waals surface area contributed by atoms with Gasteiger partial charge in [0.15, 0.2) is 0 Å². The van der Waals surface area contributed by atoms with Crippen molar-refractivity contribution in [1.29, 1.82) is 0 Å². The van der Waals surface area contributed by atoms with Crippen LogP contribution >= 0.6 is 11.6 Å². The van der Waals surface area contributed by atoms with Crippen molar-refractivity contribution in [2.75, 3.05) is 20.3 Å². The van der Waals surface area contributed by atoms with Crippen LogP contribution in [0.2, 0.25) is 0 Å². The van der Waals surface area contributed by atoms with Crippen molar-refractivity contribution < 1.29 is 19.1 Å². The number of carbonyl (C=O) groups is 2. The summed E-state index contributed by atoms with van der Waals surface area (Å²) in [5.74, 6) is -0.185. The summed E-state index contributed by atoms with van der Waals surface area (Å²) < 4.78 is 9.72. The van der Waals surface area contributed by atoms with Gasteiger partial charge in [-0.25, -0.2) is 0 Å². The van der Waals surface area contributed by atoms with E-state index < -0.39 is 11.3 Å². The molecule has 1 aromatic carbocycles. The molecule has 0 aliphatic rings. The summed E-state index contributed by atoms with van der Waals surface area (Å²) in [6.07, 6.45) is 0. The molecule has 0 saturated carbocycles. The van der Waals surface area contributed by atoms with E-state index >= 15 is 0 Å². The predicted octanol–water partition coefficient (Wildman–Crippen LogP) is 1.60. The summed E-state index contributed by atoms with van der Waals surface area (Å²) in [7, 11) is 1.24. The average Bonchev–Trinajstić information content (AvgIpc) is 2.44.